The summed E-state index contributed by atoms with van der Waals surface area (Å²) in [5.74, 6) is 0.658. The van der Waals surface area contributed by atoms with Gasteiger partial charge in [0.25, 0.3) is 0 Å². The fourth-order valence-corrected chi connectivity index (χ4v) is 2.99. The van der Waals surface area contributed by atoms with E-state index in [9.17, 15) is 8.42 Å². The zero-order chi connectivity index (χ0) is 16.0. The number of sulfone groups is 1. The van der Waals surface area contributed by atoms with Gasteiger partial charge in [-0.3, -0.25) is 0 Å². The summed E-state index contributed by atoms with van der Waals surface area (Å²) in [6.45, 7) is 3.58. The SMILES string of the molecule is CCCc1noc([C@@H](C)S(=O)(=O)C/C=C/c2ccccc2)n1. The Bertz CT molecular complexity index is 721. The highest BCUT2D eigenvalue weighted by Gasteiger charge is 2.26. The van der Waals surface area contributed by atoms with E-state index in [0.29, 0.717) is 12.2 Å². The van der Waals surface area contributed by atoms with Crippen LogP contribution in [0.1, 0.15) is 42.8 Å². The molecule has 6 heteroatoms. The molecular weight excluding hydrogens is 300 g/mol. The molecule has 118 valence electrons. The van der Waals surface area contributed by atoms with Crippen LogP contribution >= 0.6 is 0 Å². The second-order valence-corrected chi connectivity index (χ2v) is 7.45. The molecule has 0 unspecified atom stereocenters. The average molecular weight is 320 g/mol. The first-order valence-corrected chi connectivity index (χ1v) is 9.00. The molecule has 0 aliphatic carbocycles. The summed E-state index contributed by atoms with van der Waals surface area (Å²) in [6, 6.07) is 9.57. The third-order valence-electron chi connectivity index (χ3n) is 3.28. The summed E-state index contributed by atoms with van der Waals surface area (Å²) in [5.41, 5.74) is 0.966. The van der Waals surface area contributed by atoms with Crippen molar-refractivity contribution in [3.8, 4) is 0 Å². The van der Waals surface area contributed by atoms with Crippen molar-refractivity contribution in [2.75, 3.05) is 5.75 Å². The Kier molecular flexibility index (Phi) is 5.49. The lowest BCUT2D eigenvalue weighted by Crippen LogP contribution is -2.13. The molecule has 0 saturated heterocycles. The van der Waals surface area contributed by atoms with Crippen LogP contribution in [0.25, 0.3) is 6.08 Å². The van der Waals surface area contributed by atoms with Gasteiger partial charge in [-0.2, -0.15) is 4.98 Å². The maximum atomic E-state index is 12.3. The maximum absolute atomic E-state index is 12.3. The van der Waals surface area contributed by atoms with E-state index < -0.39 is 15.1 Å². The lowest BCUT2D eigenvalue weighted by molar-refractivity contribution is 0.371. The molecule has 0 radical (unpaired) electrons. The van der Waals surface area contributed by atoms with Gasteiger partial charge in [0.2, 0.25) is 5.89 Å². The maximum Gasteiger partial charge on any atom is 0.244 e. The van der Waals surface area contributed by atoms with E-state index in [1.807, 2.05) is 37.3 Å². The van der Waals surface area contributed by atoms with E-state index >= 15 is 0 Å². The lowest BCUT2D eigenvalue weighted by Gasteiger charge is -2.06. The van der Waals surface area contributed by atoms with Crippen LogP contribution in [0.3, 0.4) is 0 Å². The largest absolute Gasteiger partial charge is 0.338 e. The Morgan fingerprint density at radius 2 is 2.00 bits per heavy atom. The van der Waals surface area contributed by atoms with Gasteiger partial charge in [-0.05, 0) is 18.9 Å². The van der Waals surface area contributed by atoms with Gasteiger partial charge in [0, 0.05) is 6.42 Å². The topological polar surface area (TPSA) is 73.1 Å². The first-order valence-electron chi connectivity index (χ1n) is 7.28. The summed E-state index contributed by atoms with van der Waals surface area (Å²) < 4.78 is 29.7. The predicted molar refractivity (Wildman–Crippen MR) is 86.0 cm³/mol. The summed E-state index contributed by atoms with van der Waals surface area (Å²) >= 11 is 0. The molecule has 0 fully saturated rings. The highest BCUT2D eigenvalue weighted by molar-refractivity contribution is 7.91. The van der Waals surface area contributed by atoms with Gasteiger partial charge in [-0.15, -0.1) is 0 Å². The zero-order valence-corrected chi connectivity index (χ0v) is 13.6. The number of aryl methyl sites for hydroxylation is 1. The van der Waals surface area contributed by atoms with Crippen molar-refractivity contribution in [2.24, 2.45) is 0 Å². The molecule has 22 heavy (non-hydrogen) atoms. The summed E-state index contributed by atoms with van der Waals surface area (Å²) in [7, 11) is -3.37. The zero-order valence-electron chi connectivity index (χ0n) is 12.8. The van der Waals surface area contributed by atoms with E-state index in [-0.39, 0.29) is 11.6 Å². The molecule has 0 bridgehead atoms. The third kappa shape index (κ3) is 4.27. The smallest absolute Gasteiger partial charge is 0.244 e. The third-order valence-corrected chi connectivity index (χ3v) is 5.22. The van der Waals surface area contributed by atoms with Gasteiger partial charge in [-0.25, -0.2) is 8.42 Å². The van der Waals surface area contributed by atoms with Crippen molar-refractivity contribution in [1.29, 1.82) is 0 Å². The fourth-order valence-electron chi connectivity index (χ4n) is 1.94. The Morgan fingerprint density at radius 3 is 2.68 bits per heavy atom. The van der Waals surface area contributed by atoms with Gasteiger partial charge in [0.05, 0.1) is 5.75 Å². The molecule has 0 aliphatic heterocycles. The molecule has 2 aromatic rings. The second-order valence-electron chi connectivity index (χ2n) is 5.08. The Morgan fingerprint density at radius 1 is 1.27 bits per heavy atom. The molecule has 2 rings (SSSR count). The van der Waals surface area contributed by atoms with Crippen LogP contribution in [0.4, 0.5) is 0 Å². The van der Waals surface area contributed by atoms with Crippen LogP contribution in [0.15, 0.2) is 40.9 Å². The number of rotatable bonds is 7. The molecule has 0 amide bonds. The van der Waals surface area contributed by atoms with E-state index in [2.05, 4.69) is 10.1 Å². The molecule has 0 aliphatic rings. The first-order chi connectivity index (χ1) is 10.5. The lowest BCUT2D eigenvalue weighted by atomic mass is 10.2. The second kappa shape index (κ2) is 7.35. The van der Waals surface area contributed by atoms with Crippen molar-refractivity contribution in [3.63, 3.8) is 0 Å². The van der Waals surface area contributed by atoms with Gasteiger partial charge < -0.3 is 4.52 Å². The number of benzene rings is 1. The number of hydrogen-bond acceptors (Lipinski definition) is 5. The molecule has 1 heterocycles. The average Bonchev–Trinajstić information content (AvgIpc) is 2.96. The Balaban J connectivity index is 2.04. The predicted octanol–water partition coefficient (Wildman–Crippen LogP) is 3.21. The van der Waals surface area contributed by atoms with E-state index in [1.165, 1.54) is 0 Å². The van der Waals surface area contributed by atoms with Crippen LogP contribution in [0.5, 0.6) is 0 Å². The molecule has 1 aromatic carbocycles. The van der Waals surface area contributed by atoms with Crippen molar-refractivity contribution in [1.82, 2.24) is 10.1 Å². The molecular formula is C16H20N2O3S. The van der Waals surface area contributed by atoms with Crippen LogP contribution in [-0.2, 0) is 16.3 Å². The number of nitrogens with zero attached hydrogens (tertiary/aromatic N) is 2. The molecule has 1 aromatic heterocycles. The van der Waals surface area contributed by atoms with Gasteiger partial charge in [0.1, 0.15) is 5.25 Å². The fraction of sp³-hybridized carbons (Fsp3) is 0.375. The highest BCUT2D eigenvalue weighted by Crippen LogP contribution is 2.21. The normalized spacial score (nSPS) is 13.5. The Labute approximate surface area is 131 Å². The number of hydrogen-bond donors (Lipinski definition) is 0. The highest BCUT2D eigenvalue weighted by atomic mass is 32.2. The van der Waals surface area contributed by atoms with Crippen molar-refractivity contribution >= 4 is 15.9 Å². The van der Waals surface area contributed by atoms with Gasteiger partial charge in [-0.1, -0.05) is 54.6 Å². The van der Waals surface area contributed by atoms with Crippen LogP contribution in [0.2, 0.25) is 0 Å². The van der Waals surface area contributed by atoms with Crippen molar-refractivity contribution in [2.45, 2.75) is 31.9 Å². The first kappa shape index (κ1) is 16.4. The monoisotopic (exact) mass is 320 g/mol. The van der Waals surface area contributed by atoms with Gasteiger partial charge in [0.15, 0.2) is 15.7 Å². The Hall–Kier alpha value is -1.95. The molecule has 1 atom stereocenters. The standard InChI is InChI=1S/C16H20N2O3S/c1-3-8-15-17-16(21-18-15)13(2)22(19,20)12-7-11-14-9-5-4-6-10-14/h4-7,9-11,13H,3,8,12H2,1-2H3/b11-7+/t13-/m1/s1. The minimum atomic E-state index is -3.37. The van der Waals surface area contributed by atoms with E-state index in [0.717, 1.165) is 12.0 Å². The quantitative estimate of drug-likeness (QED) is 0.783. The minimum Gasteiger partial charge on any atom is -0.338 e. The summed E-state index contributed by atoms with van der Waals surface area (Å²) in [4.78, 5) is 4.15. The van der Waals surface area contributed by atoms with Crippen LogP contribution in [0, 0.1) is 0 Å². The molecule has 0 N–H and O–H groups in total. The molecule has 0 spiro atoms. The van der Waals surface area contributed by atoms with Gasteiger partial charge >= 0.3 is 0 Å². The summed E-state index contributed by atoms with van der Waals surface area (Å²) in [6.07, 6.45) is 5.01. The van der Waals surface area contributed by atoms with E-state index in [4.69, 9.17) is 4.52 Å². The number of aromatic nitrogens is 2. The van der Waals surface area contributed by atoms with E-state index in [1.54, 1.807) is 19.1 Å². The van der Waals surface area contributed by atoms with Crippen molar-refractivity contribution in [3.05, 3.63) is 53.7 Å². The minimum absolute atomic E-state index is 0.0610. The van der Waals surface area contributed by atoms with Crippen molar-refractivity contribution < 1.29 is 12.9 Å². The summed E-state index contributed by atoms with van der Waals surface area (Å²) in [5, 5.41) is 3.00. The molecule has 5 nitrogen and oxygen atoms in total. The van der Waals surface area contributed by atoms with Crippen LogP contribution in [-0.4, -0.2) is 24.3 Å². The molecule has 0 saturated carbocycles. The van der Waals surface area contributed by atoms with Crippen LogP contribution < -0.4 is 0 Å².